The Balaban J connectivity index is 1.19. The van der Waals surface area contributed by atoms with Crippen LogP contribution in [0.1, 0.15) is 16.2 Å². The lowest BCUT2D eigenvalue weighted by Crippen LogP contribution is -2.48. The van der Waals surface area contributed by atoms with Gasteiger partial charge in [-0.1, -0.05) is 28.4 Å². The zero-order valence-corrected chi connectivity index (χ0v) is 17.9. The highest BCUT2D eigenvalue weighted by molar-refractivity contribution is 6.36. The molecule has 5 rings (SSSR count). The van der Waals surface area contributed by atoms with Gasteiger partial charge in [-0.25, -0.2) is 0 Å². The average molecular weight is 461 g/mol. The summed E-state index contributed by atoms with van der Waals surface area (Å²) in [5.74, 6) is 2.18. The van der Waals surface area contributed by atoms with E-state index >= 15 is 0 Å². The van der Waals surface area contributed by atoms with E-state index < -0.39 is 0 Å². The molecule has 0 saturated carbocycles. The van der Waals surface area contributed by atoms with E-state index in [1.54, 1.807) is 36.4 Å². The van der Waals surface area contributed by atoms with Crippen LogP contribution in [0, 0.1) is 0 Å². The normalized spacial score (nSPS) is 16.0. The van der Waals surface area contributed by atoms with Crippen LogP contribution >= 0.6 is 23.2 Å². The molecule has 1 saturated heterocycles. The Morgan fingerprint density at radius 2 is 1.81 bits per heavy atom. The molecule has 1 aromatic heterocycles. The van der Waals surface area contributed by atoms with E-state index in [-0.39, 0.29) is 12.7 Å². The van der Waals surface area contributed by atoms with E-state index in [0.29, 0.717) is 77.1 Å². The van der Waals surface area contributed by atoms with Crippen molar-refractivity contribution < 1.29 is 18.8 Å². The van der Waals surface area contributed by atoms with Gasteiger partial charge in [-0.2, -0.15) is 4.98 Å². The summed E-state index contributed by atoms with van der Waals surface area (Å²) < 4.78 is 16.0. The number of piperazine rings is 1. The van der Waals surface area contributed by atoms with Gasteiger partial charge in [0.25, 0.3) is 11.8 Å². The summed E-state index contributed by atoms with van der Waals surface area (Å²) >= 11 is 12.2. The van der Waals surface area contributed by atoms with Gasteiger partial charge in [-0.05, 0) is 36.4 Å². The van der Waals surface area contributed by atoms with Crippen molar-refractivity contribution in [3.63, 3.8) is 0 Å². The molecule has 0 N–H and O–H groups in total. The highest BCUT2D eigenvalue weighted by Crippen LogP contribution is 2.33. The molecule has 0 aliphatic carbocycles. The third-order valence-electron chi connectivity index (χ3n) is 5.27. The van der Waals surface area contributed by atoms with Gasteiger partial charge in [0, 0.05) is 36.8 Å². The van der Waals surface area contributed by atoms with Crippen LogP contribution in [0.2, 0.25) is 10.0 Å². The van der Waals surface area contributed by atoms with Crippen LogP contribution in [0.3, 0.4) is 0 Å². The number of rotatable bonds is 4. The maximum atomic E-state index is 12.8. The lowest BCUT2D eigenvalue weighted by atomic mass is 10.1. The standard InChI is InChI=1S/C21H18Cl2N4O4/c22-14-2-3-15(16(23)10-14)20-24-19(25-31-20)11-26-5-7-27(8-6-26)21(28)13-1-4-17-18(9-13)30-12-29-17/h1-4,9-10H,5-8,11-12H2. The molecule has 0 unspecified atom stereocenters. The summed E-state index contributed by atoms with van der Waals surface area (Å²) in [7, 11) is 0. The fraction of sp³-hybridized carbons (Fsp3) is 0.286. The van der Waals surface area contributed by atoms with E-state index in [0.717, 1.165) is 0 Å². The van der Waals surface area contributed by atoms with Crippen LogP contribution in [0.4, 0.5) is 0 Å². The highest BCUT2D eigenvalue weighted by Gasteiger charge is 2.25. The van der Waals surface area contributed by atoms with Crippen molar-refractivity contribution in [1.82, 2.24) is 19.9 Å². The predicted molar refractivity (Wildman–Crippen MR) is 113 cm³/mol. The molecule has 0 atom stereocenters. The van der Waals surface area contributed by atoms with Gasteiger partial charge < -0.3 is 18.9 Å². The highest BCUT2D eigenvalue weighted by atomic mass is 35.5. The molecule has 1 fully saturated rings. The lowest BCUT2D eigenvalue weighted by molar-refractivity contribution is 0.0624. The first-order valence-corrected chi connectivity index (χ1v) is 10.5. The fourth-order valence-electron chi connectivity index (χ4n) is 3.61. The number of hydrogen-bond donors (Lipinski definition) is 0. The van der Waals surface area contributed by atoms with E-state index in [9.17, 15) is 4.79 Å². The van der Waals surface area contributed by atoms with Crippen molar-refractivity contribution in [2.45, 2.75) is 6.54 Å². The molecule has 2 aromatic carbocycles. The van der Waals surface area contributed by atoms with Gasteiger partial charge in [0.2, 0.25) is 6.79 Å². The predicted octanol–water partition coefficient (Wildman–Crippen LogP) is 3.73. The second kappa shape index (κ2) is 8.37. The average Bonchev–Trinajstić information content (AvgIpc) is 3.43. The Bertz CT molecular complexity index is 1130. The molecule has 0 spiro atoms. The van der Waals surface area contributed by atoms with Crippen molar-refractivity contribution in [3.05, 3.63) is 57.8 Å². The summed E-state index contributed by atoms with van der Waals surface area (Å²) in [6.45, 7) is 3.36. The Kier molecular flexibility index (Phi) is 5.43. The van der Waals surface area contributed by atoms with Crippen molar-refractivity contribution in [1.29, 1.82) is 0 Å². The molecule has 2 aliphatic rings. The minimum atomic E-state index is -0.0165. The van der Waals surface area contributed by atoms with Crippen molar-refractivity contribution in [2.24, 2.45) is 0 Å². The fourth-order valence-corrected chi connectivity index (χ4v) is 4.10. The molecule has 160 valence electrons. The number of amides is 1. The van der Waals surface area contributed by atoms with Crippen LogP contribution in [0.15, 0.2) is 40.9 Å². The number of aromatic nitrogens is 2. The maximum absolute atomic E-state index is 12.8. The molecule has 0 radical (unpaired) electrons. The van der Waals surface area contributed by atoms with Gasteiger partial charge in [-0.15, -0.1) is 0 Å². The van der Waals surface area contributed by atoms with E-state index in [4.69, 9.17) is 37.2 Å². The largest absolute Gasteiger partial charge is 0.454 e. The van der Waals surface area contributed by atoms with Crippen LogP contribution in [0.25, 0.3) is 11.5 Å². The van der Waals surface area contributed by atoms with Gasteiger partial charge in [0.05, 0.1) is 17.1 Å². The summed E-state index contributed by atoms with van der Waals surface area (Å²) in [5.41, 5.74) is 1.24. The van der Waals surface area contributed by atoms with E-state index in [1.165, 1.54) is 0 Å². The number of halogens is 2. The SMILES string of the molecule is O=C(c1ccc2c(c1)OCO2)N1CCN(Cc2noc(-c3ccc(Cl)cc3Cl)n2)CC1. The van der Waals surface area contributed by atoms with E-state index in [1.807, 2.05) is 4.90 Å². The molecule has 3 heterocycles. The van der Waals surface area contributed by atoms with Crippen molar-refractivity contribution in [3.8, 4) is 23.0 Å². The van der Waals surface area contributed by atoms with Crippen LogP contribution < -0.4 is 9.47 Å². The first-order chi connectivity index (χ1) is 15.1. The number of carbonyl (C=O) groups is 1. The van der Waals surface area contributed by atoms with Gasteiger partial charge in [0.15, 0.2) is 17.3 Å². The number of fused-ring (bicyclic) bond motifs is 1. The summed E-state index contributed by atoms with van der Waals surface area (Å²) in [6.07, 6.45) is 0. The summed E-state index contributed by atoms with van der Waals surface area (Å²) in [5, 5.41) is 5.06. The second-order valence-corrected chi connectivity index (χ2v) is 8.12. The van der Waals surface area contributed by atoms with Crippen LogP contribution in [0.5, 0.6) is 11.5 Å². The lowest BCUT2D eigenvalue weighted by Gasteiger charge is -2.34. The third-order valence-corrected chi connectivity index (χ3v) is 5.82. The number of hydrogen-bond acceptors (Lipinski definition) is 7. The van der Waals surface area contributed by atoms with Gasteiger partial charge >= 0.3 is 0 Å². The van der Waals surface area contributed by atoms with Crippen LogP contribution in [-0.2, 0) is 6.54 Å². The van der Waals surface area contributed by atoms with E-state index in [2.05, 4.69) is 15.0 Å². The zero-order chi connectivity index (χ0) is 21.4. The topological polar surface area (TPSA) is 80.9 Å². The molecular formula is C21H18Cl2N4O4. The molecule has 8 nitrogen and oxygen atoms in total. The quantitative estimate of drug-likeness (QED) is 0.586. The number of nitrogens with zero attached hydrogens (tertiary/aromatic N) is 4. The Labute approximate surface area is 188 Å². The zero-order valence-electron chi connectivity index (χ0n) is 16.4. The van der Waals surface area contributed by atoms with Gasteiger partial charge in [-0.3, -0.25) is 9.69 Å². The number of ether oxygens (including phenoxy) is 2. The third kappa shape index (κ3) is 4.19. The van der Waals surface area contributed by atoms with Gasteiger partial charge in [0.1, 0.15) is 0 Å². The molecular weight excluding hydrogens is 443 g/mol. The van der Waals surface area contributed by atoms with Crippen LogP contribution in [-0.4, -0.2) is 58.8 Å². The minimum Gasteiger partial charge on any atom is -0.454 e. The monoisotopic (exact) mass is 460 g/mol. The Morgan fingerprint density at radius 1 is 1.00 bits per heavy atom. The number of benzene rings is 2. The first kappa shape index (κ1) is 20.1. The van der Waals surface area contributed by atoms with Crippen molar-refractivity contribution in [2.75, 3.05) is 33.0 Å². The second-order valence-electron chi connectivity index (χ2n) is 7.28. The molecule has 31 heavy (non-hydrogen) atoms. The number of carbonyl (C=O) groups excluding carboxylic acids is 1. The Hall–Kier alpha value is -2.81. The molecule has 2 aliphatic heterocycles. The Morgan fingerprint density at radius 3 is 2.61 bits per heavy atom. The minimum absolute atomic E-state index is 0.0165. The summed E-state index contributed by atoms with van der Waals surface area (Å²) in [4.78, 5) is 21.3. The molecule has 0 bridgehead atoms. The molecule has 1 amide bonds. The van der Waals surface area contributed by atoms with Crippen molar-refractivity contribution >= 4 is 29.1 Å². The smallest absolute Gasteiger partial charge is 0.259 e. The molecule has 3 aromatic rings. The maximum Gasteiger partial charge on any atom is 0.259 e. The first-order valence-electron chi connectivity index (χ1n) is 9.76. The summed E-state index contributed by atoms with van der Waals surface area (Å²) in [6, 6.07) is 10.4. The molecule has 10 heteroatoms.